The molecule has 0 saturated carbocycles. The molecule has 1 aromatic heterocycles. The highest BCUT2D eigenvalue weighted by atomic mass is 16.8. The first-order chi connectivity index (χ1) is 9.78. The molecule has 2 saturated heterocycles. The summed E-state index contributed by atoms with van der Waals surface area (Å²) in [5.41, 5.74) is -0.000509. The third-order valence-corrected chi connectivity index (χ3v) is 3.90. The van der Waals surface area contributed by atoms with Gasteiger partial charge in [0.15, 0.2) is 17.8 Å². The Hall–Kier alpha value is -1.41. The average molecular weight is 297 g/mol. The van der Waals surface area contributed by atoms with Crippen molar-refractivity contribution in [3.63, 3.8) is 0 Å². The normalized spacial score (nSPS) is 34.1. The summed E-state index contributed by atoms with van der Waals surface area (Å²) in [6.07, 6.45) is -0.936. The molecule has 2 fully saturated rings. The van der Waals surface area contributed by atoms with Crippen LogP contribution in [-0.4, -0.2) is 45.2 Å². The van der Waals surface area contributed by atoms with Gasteiger partial charge in [0.25, 0.3) is 0 Å². The van der Waals surface area contributed by atoms with Crippen LogP contribution in [0.15, 0.2) is 17.1 Å². The highest BCUT2D eigenvalue weighted by Crippen LogP contribution is 2.37. The SMILES string of the molecule is Cc1c(O)c(=O)ccn1C[C@H]1O[C@@H]2OC(C)(C)OC2C1O. The van der Waals surface area contributed by atoms with Crippen molar-refractivity contribution in [2.75, 3.05) is 0 Å². The number of rotatable bonds is 2. The summed E-state index contributed by atoms with van der Waals surface area (Å²) in [5.74, 6) is -1.06. The fraction of sp³-hybridized carbons (Fsp3) is 0.643. The highest BCUT2D eigenvalue weighted by Gasteiger charge is 2.54. The van der Waals surface area contributed by atoms with Gasteiger partial charge >= 0.3 is 0 Å². The molecule has 0 spiro atoms. The fourth-order valence-corrected chi connectivity index (χ4v) is 2.76. The van der Waals surface area contributed by atoms with Crippen LogP contribution in [0, 0.1) is 6.92 Å². The summed E-state index contributed by atoms with van der Waals surface area (Å²) in [6.45, 7) is 5.45. The Morgan fingerprint density at radius 2 is 2.10 bits per heavy atom. The van der Waals surface area contributed by atoms with Crippen LogP contribution in [0.4, 0.5) is 0 Å². The van der Waals surface area contributed by atoms with E-state index >= 15 is 0 Å². The molecule has 21 heavy (non-hydrogen) atoms. The van der Waals surface area contributed by atoms with Crippen molar-refractivity contribution < 1.29 is 24.4 Å². The smallest absolute Gasteiger partial charge is 0.223 e. The lowest BCUT2D eigenvalue weighted by molar-refractivity contribution is -0.216. The van der Waals surface area contributed by atoms with Crippen molar-refractivity contribution in [2.24, 2.45) is 0 Å². The van der Waals surface area contributed by atoms with Crippen molar-refractivity contribution in [1.29, 1.82) is 0 Å². The molecule has 7 heteroatoms. The molecule has 3 heterocycles. The number of nitrogens with zero attached hydrogens (tertiary/aromatic N) is 1. The number of aromatic nitrogens is 1. The van der Waals surface area contributed by atoms with Gasteiger partial charge in [0.05, 0.1) is 12.2 Å². The second-order valence-corrected chi connectivity index (χ2v) is 5.90. The minimum Gasteiger partial charge on any atom is -0.503 e. The molecule has 3 rings (SSSR count). The molecule has 0 bridgehead atoms. The van der Waals surface area contributed by atoms with Gasteiger partial charge in [-0.25, -0.2) is 0 Å². The number of ether oxygens (including phenoxy) is 3. The van der Waals surface area contributed by atoms with Gasteiger partial charge in [-0.3, -0.25) is 4.79 Å². The number of aliphatic hydroxyl groups is 1. The number of hydrogen-bond donors (Lipinski definition) is 2. The Morgan fingerprint density at radius 1 is 1.38 bits per heavy atom. The molecule has 2 unspecified atom stereocenters. The molecule has 0 radical (unpaired) electrons. The lowest BCUT2D eigenvalue weighted by atomic mass is 10.1. The molecule has 1 aromatic rings. The molecule has 7 nitrogen and oxygen atoms in total. The summed E-state index contributed by atoms with van der Waals surface area (Å²) in [6, 6.07) is 1.28. The number of pyridine rings is 1. The molecule has 2 N–H and O–H groups in total. The zero-order chi connectivity index (χ0) is 15.4. The van der Waals surface area contributed by atoms with E-state index in [1.54, 1.807) is 31.5 Å². The summed E-state index contributed by atoms with van der Waals surface area (Å²) >= 11 is 0. The van der Waals surface area contributed by atoms with Gasteiger partial charge in [-0.15, -0.1) is 0 Å². The maximum Gasteiger partial charge on any atom is 0.223 e. The van der Waals surface area contributed by atoms with Gasteiger partial charge < -0.3 is 29.0 Å². The van der Waals surface area contributed by atoms with Crippen molar-refractivity contribution >= 4 is 0 Å². The largest absolute Gasteiger partial charge is 0.503 e. The summed E-state index contributed by atoms with van der Waals surface area (Å²) in [4.78, 5) is 11.3. The quantitative estimate of drug-likeness (QED) is 0.804. The fourth-order valence-electron chi connectivity index (χ4n) is 2.76. The van der Waals surface area contributed by atoms with Crippen LogP contribution in [-0.2, 0) is 20.8 Å². The van der Waals surface area contributed by atoms with Gasteiger partial charge in [0.2, 0.25) is 5.43 Å². The van der Waals surface area contributed by atoms with E-state index in [1.165, 1.54) is 6.07 Å². The summed E-state index contributed by atoms with van der Waals surface area (Å²) in [5, 5.41) is 20.0. The van der Waals surface area contributed by atoms with E-state index in [1.807, 2.05) is 0 Å². The maximum absolute atomic E-state index is 11.3. The van der Waals surface area contributed by atoms with E-state index in [0.717, 1.165) is 0 Å². The molecule has 0 amide bonds. The monoisotopic (exact) mass is 297 g/mol. The standard InChI is InChI=1S/C14H19NO6/c1-7-10(17)8(16)4-5-15(7)6-9-11(18)12-13(19-9)21-14(2,3)20-12/h4-5,9,11-13,17-18H,6H2,1-3H3/t9-,11?,12?,13-/m1/s1. The van der Waals surface area contributed by atoms with Gasteiger partial charge in [0.1, 0.15) is 18.3 Å². The van der Waals surface area contributed by atoms with E-state index in [-0.39, 0.29) is 5.75 Å². The van der Waals surface area contributed by atoms with Crippen LogP contribution in [0.25, 0.3) is 0 Å². The summed E-state index contributed by atoms with van der Waals surface area (Å²) in [7, 11) is 0. The zero-order valence-electron chi connectivity index (χ0n) is 12.1. The molecule has 2 aliphatic rings. The van der Waals surface area contributed by atoms with Gasteiger partial charge in [-0.05, 0) is 20.8 Å². The van der Waals surface area contributed by atoms with E-state index in [4.69, 9.17) is 14.2 Å². The average Bonchev–Trinajstić information content (AvgIpc) is 2.85. The second kappa shape index (κ2) is 4.81. The Morgan fingerprint density at radius 3 is 2.76 bits per heavy atom. The first-order valence-corrected chi connectivity index (χ1v) is 6.87. The van der Waals surface area contributed by atoms with Gasteiger partial charge in [-0.1, -0.05) is 0 Å². The van der Waals surface area contributed by atoms with Gasteiger partial charge in [-0.2, -0.15) is 0 Å². The molecular formula is C14H19NO6. The van der Waals surface area contributed by atoms with E-state index in [9.17, 15) is 15.0 Å². The minimum absolute atomic E-state index is 0.293. The van der Waals surface area contributed by atoms with Crippen LogP contribution < -0.4 is 5.43 Å². The van der Waals surface area contributed by atoms with Crippen LogP contribution in [0.3, 0.4) is 0 Å². The number of aromatic hydroxyl groups is 1. The first-order valence-electron chi connectivity index (χ1n) is 6.87. The number of aliphatic hydroxyl groups excluding tert-OH is 1. The van der Waals surface area contributed by atoms with Crippen molar-refractivity contribution in [2.45, 2.75) is 57.7 Å². The van der Waals surface area contributed by atoms with Crippen molar-refractivity contribution in [3.8, 4) is 5.75 Å². The van der Waals surface area contributed by atoms with E-state index in [0.29, 0.717) is 12.2 Å². The predicted octanol–water partition coefficient (Wildman–Crippen LogP) is 0.0996. The van der Waals surface area contributed by atoms with E-state index < -0.39 is 35.8 Å². The minimum atomic E-state index is -0.835. The number of hydrogen-bond acceptors (Lipinski definition) is 6. The topological polar surface area (TPSA) is 90.2 Å². The molecule has 4 atom stereocenters. The van der Waals surface area contributed by atoms with Crippen LogP contribution in [0.2, 0.25) is 0 Å². The van der Waals surface area contributed by atoms with Crippen LogP contribution in [0.1, 0.15) is 19.5 Å². The van der Waals surface area contributed by atoms with Gasteiger partial charge in [0, 0.05) is 12.3 Å². The molecule has 0 aromatic carbocycles. The molecular weight excluding hydrogens is 278 g/mol. The predicted molar refractivity (Wildman–Crippen MR) is 71.8 cm³/mol. The lowest BCUT2D eigenvalue weighted by Crippen LogP contribution is -2.36. The third-order valence-electron chi connectivity index (χ3n) is 3.90. The third kappa shape index (κ3) is 2.46. The molecule has 0 aliphatic carbocycles. The second-order valence-electron chi connectivity index (χ2n) is 5.90. The van der Waals surface area contributed by atoms with Crippen LogP contribution >= 0.6 is 0 Å². The Kier molecular flexibility index (Phi) is 3.32. The maximum atomic E-state index is 11.3. The highest BCUT2D eigenvalue weighted by molar-refractivity contribution is 5.25. The van der Waals surface area contributed by atoms with E-state index in [2.05, 4.69) is 0 Å². The zero-order valence-corrected chi connectivity index (χ0v) is 12.1. The van der Waals surface area contributed by atoms with Crippen molar-refractivity contribution in [1.82, 2.24) is 4.57 Å². The molecule has 116 valence electrons. The Bertz CT molecular complexity index is 610. The van der Waals surface area contributed by atoms with Crippen LogP contribution in [0.5, 0.6) is 5.75 Å². The Labute approximate surface area is 121 Å². The molecule has 2 aliphatic heterocycles. The first kappa shape index (κ1) is 14.5. The lowest BCUT2D eigenvalue weighted by Gasteiger charge is -2.24. The number of fused-ring (bicyclic) bond motifs is 1. The Balaban J connectivity index is 1.76. The summed E-state index contributed by atoms with van der Waals surface area (Å²) < 4.78 is 18.5. The van der Waals surface area contributed by atoms with Crippen molar-refractivity contribution in [3.05, 3.63) is 28.2 Å².